The van der Waals surface area contributed by atoms with Crippen LogP contribution in [0, 0.1) is 68.0 Å². The number of fused-ring (bicyclic) bond motifs is 7. The number of pyridine rings is 1. The predicted molar refractivity (Wildman–Crippen MR) is 210 cm³/mol. The van der Waals surface area contributed by atoms with E-state index in [4.69, 9.17) is 4.74 Å². The number of ether oxygens (including phenoxy) is 1. The average Bonchev–Trinajstić information content (AvgIpc) is 3.54. The Bertz CT molecular complexity index is 1760. The van der Waals surface area contributed by atoms with Crippen molar-refractivity contribution in [1.29, 1.82) is 5.26 Å². The van der Waals surface area contributed by atoms with E-state index in [1.54, 1.807) is 18.3 Å². The van der Waals surface area contributed by atoms with Gasteiger partial charge in [-0.15, -0.1) is 0 Å². The monoisotopic (exact) mass is 739 g/mol. The largest absolute Gasteiger partial charge is 0.481 e. The van der Waals surface area contributed by atoms with E-state index >= 15 is 0 Å². The van der Waals surface area contributed by atoms with Crippen molar-refractivity contribution in [2.45, 2.75) is 130 Å². The number of aromatic nitrogens is 1. The van der Waals surface area contributed by atoms with Gasteiger partial charge in [-0.25, -0.2) is 4.98 Å². The molecule has 0 amide bonds. The van der Waals surface area contributed by atoms with E-state index in [1.807, 2.05) is 0 Å². The zero-order chi connectivity index (χ0) is 38.9. The molecule has 11 atom stereocenters. The summed E-state index contributed by atoms with van der Waals surface area (Å²) in [5.41, 5.74) is 3.82. The highest BCUT2D eigenvalue weighted by atomic mass is 16.5. The van der Waals surface area contributed by atoms with Crippen LogP contribution in [0.1, 0.15) is 124 Å². The van der Waals surface area contributed by atoms with E-state index in [0.29, 0.717) is 61.0 Å². The lowest BCUT2D eigenvalue weighted by Crippen LogP contribution is -2.68. The molecule has 0 spiro atoms. The van der Waals surface area contributed by atoms with Gasteiger partial charge in [0.15, 0.2) is 0 Å². The minimum Gasteiger partial charge on any atom is -0.481 e. The number of nitrogens with one attached hydrogen (secondary N) is 1. The van der Waals surface area contributed by atoms with Gasteiger partial charge >= 0.3 is 5.97 Å². The van der Waals surface area contributed by atoms with Crippen LogP contribution in [0.2, 0.25) is 0 Å². The second-order valence-corrected chi connectivity index (χ2v) is 19.9. The Morgan fingerprint density at radius 1 is 1.04 bits per heavy atom. The highest BCUT2D eigenvalue weighted by Crippen LogP contribution is 2.76. The van der Waals surface area contributed by atoms with Crippen LogP contribution in [-0.2, 0) is 4.79 Å². The van der Waals surface area contributed by atoms with E-state index in [-0.39, 0.29) is 46.3 Å². The lowest BCUT2D eigenvalue weighted by atomic mass is 9.33. The molecule has 0 aromatic carbocycles. The summed E-state index contributed by atoms with van der Waals surface area (Å²) < 4.78 is 5.93. The summed E-state index contributed by atoms with van der Waals surface area (Å²) in [4.78, 5) is 16.9. The third-order valence-corrected chi connectivity index (χ3v) is 17.3. The first-order valence-electron chi connectivity index (χ1n) is 20.8. The van der Waals surface area contributed by atoms with Crippen LogP contribution in [0.5, 0.6) is 5.88 Å². The number of β-amino-alcohol motifs (C(OH)–C–C–N with tert-alkyl or cyclic N) is 1. The standard InChI is InChI=1S/C46H65N3O5/c1-29(2)33-14-21-46(49-26-32(51)27-50)23-22-43(6)35(38(33)46)10-11-37-42(5)17-15-34(41(3,4)36(42)16-18-44(37,43)7)30-12-19-45(20-13-30,40(52)53)28-54-39-31(25-47)9-8-24-48-39/h8-9,12,15,24,32-33,35-38,49-51H,1,10-11,13-14,16-23,26-28H2,2-7H3,(H,52,53)/t32?,33-,35+,36-,37+,38+,42-,43+,44+,45-,46-/m0/s1. The van der Waals surface area contributed by atoms with Crippen LogP contribution in [0.25, 0.3) is 0 Å². The molecule has 7 rings (SSSR count). The number of aliphatic hydroxyl groups excluding tert-OH is 2. The molecule has 54 heavy (non-hydrogen) atoms. The molecule has 4 fully saturated rings. The van der Waals surface area contributed by atoms with Crippen LogP contribution in [0.15, 0.2) is 53.8 Å². The number of hydrogen-bond donors (Lipinski definition) is 4. The normalized spacial score (nSPS) is 41.4. The van der Waals surface area contributed by atoms with Crippen LogP contribution < -0.4 is 10.1 Å². The summed E-state index contributed by atoms with van der Waals surface area (Å²) in [7, 11) is 0. The molecule has 1 aromatic heterocycles. The van der Waals surface area contributed by atoms with E-state index < -0.39 is 17.5 Å². The van der Waals surface area contributed by atoms with E-state index in [1.165, 1.54) is 48.8 Å². The number of aliphatic carboxylic acids is 1. The molecule has 4 saturated carbocycles. The Morgan fingerprint density at radius 3 is 2.48 bits per heavy atom. The third-order valence-electron chi connectivity index (χ3n) is 17.3. The number of nitriles is 1. The van der Waals surface area contributed by atoms with Crippen molar-refractivity contribution in [1.82, 2.24) is 10.3 Å². The zero-order valence-electron chi connectivity index (χ0n) is 33.7. The molecule has 0 aliphatic heterocycles. The quantitative estimate of drug-likeness (QED) is 0.176. The first-order valence-corrected chi connectivity index (χ1v) is 20.8. The van der Waals surface area contributed by atoms with E-state index in [2.05, 4.69) is 76.6 Å². The molecule has 294 valence electrons. The maximum absolute atomic E-state index is 12.7. The van der Waals surface area contributed by atoms with Gasteiger partial charge in [0.05, 0.1) is 12.7 Å². The summed E-state index contributed by atoms with van der Waals surface area (Å²) in [6, 6.07) is 5.42. The van der Waals surface area contributed by atoms with Crippen molar-refractivity contribution in [3.05, 3.63) is 59.3 Å². The van der Waals surface area contributed by atoms with Crippen molar-refractivity contribution < 1.29 is 24.9 Å². The Hall–Kier alpha value is -2.99. The maximum atomic E-state index is 12.7. The van der Waals surface area contributed by atoms with Gasteiger partial charge in [-0.2, -0.15) is 5.26 Å². The lowest BCUT2D eigenvalue weighted by Gasteiger charge is -2.72. The second kappa shape index (κ2) is 13.9. The molecule has 6 aliphatic rings. The molecule has 6 aliphatic carbocycles. The Morgan fingerprint density at radius 2 is 1.81 bits per heavy atom. The number of hydrogen-bond acceptors (Lipinski definition) is 7. The predicted octanol–water partition coefficient (Wildman–Crippen LogP) is 8.40. The summed E-state index contributed by atoms with van der Waals surface area (Å²) in [5, 5.41) is 43.8. The minimum absolute atomic E-state index is 0.00516. The summed E-state index contributed by atoms with van der Waals surface area (Å²) in [6.07, 6.45) is 17.7. The molecular weight excluding hydrogens is 675 g/mol. The van der Waals surface area contributed by atoms with Crippen molar-refractivity contribution in [3.8, 4) is 11.9 Å². The minimum atomic E-state index is -1.06. The van der Waals surface area contributed by atoms with Gasteiger partial charge in [0.1, 0.15) is 23.7 Å². The average molecular weight is 740 g/mol. The molecule has 1 unspecified atom stereocenters. The maximum Gasteiger partial charge on any atom is 0.313 e. The fraction of sp³-hybridized carbons (Fsp3) is 0.717. The SMILES string of the molecule is C=C(C)[C@@H]1CC[C@]2(NCC(O)CO)CC[C@]3(C)[C@H](CC[C@@H]4[C@@]5(C)CC=C(C6=CC[C@](COc7ncccc7C#N)(C(=O)O)CC6)C(C)(C)[C@@H]5CC[C@]43C)[C@@H]12. The van der Waals surface area contributed by atoms with Gasteiger partial charge in [-0.1, -0.05) is 58.9 Å². The zero-order valence-corrected chi connectivity index (χ0v) is 33.7. The number of nitrogens with zero attached hydrogens (tertiary/aromatic N) is 2. The van der Waals surface area contributed by atoms with Gasteiger partial charge in [0, 0.05) is 18.3 Å². The van der Waals surface area contributed by atoms with Crippen molar-refractivity contribution in [2.24, 2.45) is 56.7 Å². The Labute approximate surface area is 323 Å². The van der Waals surface area contributed by atoms with Gasteiger partial charge in [0.2, 0.25) is 5.88 Å². The third kappa shape index (κ3) is 5.85. The molecule has 0 bridgehead atoms. The van der Waals surface area contributed by atoms with Crippen LogP contribution in [-0.4, -0.2) is 57.7 Å². The molecule has 4 N–H and O–H groups in total. The van der Waals surface area contributed by atoms with E-state index in [0.717, 1.165) is 25.7 Å². The Balaban J connectivity index is 1.14. The summed E-state index contributed by atoms with van der Waals surface area (Å²) in [6.45, 7) is 19.8. The van der Waals surface area contributed by atoms with Crippen LogP contribution >= 0.6 is 0 Å². The van der Waals surface area contributed by atoms with Crippen molar-refractivity contribution >= 4 is 5.97 Å². The number of carboxylic acids is 1. The van der Waals surface area contributed by atoms with Gasteiger partial charge in [-0.05, 0) is 159 Å². The topological polar surface area (TPSA) is 136 Å². The number of allylic oxidation sites excluding steroid dienone is 5. The highest BCUT2D eigenvalue weighted by molar-refractivity contribution is 5.75. The van der Waals surface area contributed by atoms with Crippen LogP contribution in [0.4, 0.5) is 0 Å². The summed E-state index contributed by atoms with van der Waals surface area (Å²) >= 11 is 0. The highest BCUT2D eigenvalue weighted by Gasteiger charge is 2.70. The van der Waals surface area contributed by atoms with Crippen molar-refractivity contribution in [3.63, 3.8) is 0 Å². The second-order valence-electron chi connectivity index (χ2n) is 19.9. The fourth-order valence-corrected chi connectivity index (χ4v) is 14.3. The van der Waals surface area contributed by atoms with Gasteiger partial charge in [-0.3, -0.25) is 4.79 Å². The van der Waals surface area contributed by atoms with Crippen LogP contribution in [0.3, 0.4) is 0 Å². The molecule has 8 heteroatoms. The lowest BCUT2D eigenvalue weighted by molar-refractivity contribution is -0.221. The Kier molecular flexibility index (Phi) is 10.1. The first-order chi connectivity index (χ1) is 25.5. The smallest absolute Gasteiger partial charge is 0.313 e. The van der Waals surface area contributed by atoms with Gasteiger partial charge in [0.25, 0.3) is 0 Å². The molecule has 0 saturated heterocycles. The number of rotatable bonds is 10. The molecule has 0 radical (unpaired) electrons. The van der Waals surface area contributed by atoms with Crippen molar-refractivity contribution in [2.75, 3.05) is 19.8 Å². The fourth-order valence-electron chi connectivity index (χ4n) is 14.3. The molecule has 1 aromatic rings. The number of carboxylic acid groups (broad SMARTS) is 1. The number of carbonyl (C=O) groups is 1. The number of aliphatic hydroxyl groups is 2. The molecular formula is C46H65N3O5. The summed E-state index contributed by atoms with van der Waals surface area (Å²) in [5.74, 6) is 2.05. The van der Waals surface area contributed by atoms with Gasteiger partial charge < -0.3 is 25.4 Å². The first kappa shape index (κ1) is 39.3. The van der Waals surface area contributed by atoms with E-state index in [9.17, 15) is 25.4 Å². The molecule has 1 heterocycles. The molecule has 8 nitrogen and oxygen atoms in total.